The molecule has 0 bridgehead atoms. The molecular formula is C29H37Cl2N3O5S. The molecule has 2 amide bonds. The zero-order valence-corrected chi connectivity index (χ0v) is 25.0. The Kier molecular flexibility index (Phi) is 10.4. The van der Waals surface area contributed by atoms with Gasteiger partial charge < -0.3 is 20.2 Å². The molecule has 2 aromatic rings. The molecule has 3 atom stereocenters. The fourth-order valence-electron chi connectivity index (χ4n) is 5.92. The number of hydrogen-bond acceptors (Lipinski definition) is 5. The van der Waals surface area contributed by atoms with Crippen molar-refractivity contribution >= 4 is 45.0 Å². The van der Waals surface area contributed by atoms with E-state index in [0.717, 1.165) is 31.5 Å². The average Bonchev–Trinajstić information content (AvgIpc) is 3.65. The first-order chi connectivity index (χ1) is 19.0. The molecule has 2 N–H and O–H groups in total. The Morgan fingerprint density at radius 1 is 0.950 bits per heavy atom. The highest BCUT2D eigenvalue weighted by molar-refractivity contribution is 7.90. The molecule has 11 heteroatoms. The number of sulfone groups is 1. The minimum Gasteiger partial charge on any atom is -0.465 e. The standard InChI is InChI=1S/C24H27Cl2N3O5S.C5H10/c1-35(33,34)18-9-19(25)22(20(26)10-18)23(30)29-13-16-11-28(12-17(16)14-29)8-7-21(27-24(31)32)15-5-3-2-4-6-15;1-2-4-5-3-1/h2-6,9-10,16-17,21,27H,7-8,11-14H2,1H3,(H,31,32);1-5H2/t16-,17?,21?;/m0./s1. The molecule has 0 radical (unpaired) electrons. The lowest BCUT2D eigenvalue weighted by Gasteiger charge is -2.24. The second-order valence-corrected chi connectivity index (χ2v) is 13.8. The molecule has 218 valence electrons. The van der Waals surface area contributed by atoms with Gasteiger partial charge in [-0.1, -0.05) is 85.6 Å². The van der Waals surface area contributed by atoms with Crippen LogP contribution in [0.5, 0.6) is 0 Å². The second kappa shape index (κ2) is 13.6. The highest BCUT2D eigenvalue weighted by atomic mass is 35.5. The van der Waals surface area contributed by atoms with Gasteiger partial charge in [-0.3, -0.25) is 4.79 Å². The molecule has 2 aliphatic heterocycles. The lowest BCUT2D eigenvalue weighted by Crippen LogP contribution is -2.35. The summed E-state index contributed by atoms with van der Waals surface area (Å²) in [5.74, 6) is 0.305. The van der Waals surface area contributed by atoms with Crippen molar-refractivity contribution in [3.8, 4) is 0 Å². The van der Waals surface area contributed by atoms with Crippen molar-refractivity contribution in [2.75, 3.05) is 39.0 Å². The van der Waals surface area contributed by atoms with Gasteiger partial charge in [-0.15, -0.1) is 0 Å². The van der Waals surface area contributed by atoms with Crippen LogP contribution in [-0.2, 0) is 9.84 Å². The van der Waals surface area contributed by atoms with Gasteiger partial charge in [0.25, 0.3) is 5.91 Å². The van der Waals surface area contributed by atoms with Crippen molar-refractivity contribution in [1.82, 2.24) is 15.1 Å². The third kappa shape index (κ3) is 7.90. The normalized spacial score (nSPS) is 21.4. The van der Waals surface area contributed by atoms with Crippen molar-refractivity contribution in [2.24, 2.45) is 11.8 Å². The SMILES string of the molecule is C1CCCC1.CS(=O)(=O)c1cc(Cl)c(C(=O)N2CC3CN(CCC(NC(=O)O)c4ccccc4)C[C@H]3C2)c(Cl)c1. The van der Waals surface area contributed by atoms with Crippen LogP contribution in [0.15, 0.2) is 47.4 Å². The molecule has 1 saturated carbocycles. The number of rotatable bonds is 7. The van der Waals surface area contributed by atoms with Crippen LogP contribution in [0.4, 0.5) is 4.79 Å². The van der Waals surface area contributed by atoms with Crippen LogP contribution in [0.1, 0.15) is 60.5 Å². The summed E-state index contributed by atoms with van der Waals surface area (Å²) in [6, 6.07) is 11.8. The quantitative estimate of drug-likeness (QED) is 0.414. The number of carboxylic acid groups (broad SMARTS) is 1. The van der Waals surface area contributed by atoms with E-state index >= 15 is 0 Å². The number of nitrogens with zero attached hydrogens (tertiary/aromatic N) is 2. The average molecular weight is 611 g/mol. The highest BCUT2D eigenvalue weighted by Crippen LogP contribution is 2.35. The summed E-state index contributed by atoms with van der Waals surface area (Å²) in [7, 11) is -3.50. The van der Waals surface area contributed by atoms with E-state index in [1.807, 2.05) is 30.3 Å². The van der Waals surface area contributed by atoms with E-state index in [0.29, 0.717) is 31.3 Å². The van der Waals surface area contributed by atoms with Crippen LogP contribution in [0.2, 0.25) is 10.0 Å². The van der Waals surface area contributed by atoms with Crippen LogP contribution < -0.4 is 5.32 Å². The lowest BCUT2D eigenvalue weighted by atomic mass is 10.0. The number of benzene rings is 2. The third-order valence-corrected chi connectivity index (χ3v) is 9.68. The van der Waals surface area contributed by atoms with Crippen LogP contribution in [-0.4, -0.2) is 74.3 Å². The van der Waals surface area contributed by atoms with Crippen LogP contribution in [0.25, 0.3) is 0 Å². The van der Waals surface area contributed by atoms with E-state index in [9.17, 15) is 23.1 Å². The van der Waals surface area contributed by atoms with Crippen molar-refractivity contribution in [3.63, 3.8) is 0 Å². The molecule has 1 aliphatic carbocycles. The second-order valence-electron chi connectivity index (χ2n) is 11.0. The fraction of sp³-hybridized carbons (Fsp3) is 0.517. The molecule has 0 aromatic heterocycles. The predicted octanol–water partition coefficient (Wildman–Crippen LogP) is 5.75. The van der Waals surface area contributed by atoms with Crippen LogP contribution >= 0.6 is 23.2 Å². The number of amides is 2. The molecule has 40 heavy (non-hydrogen) atoms. The molecule has 0 spiro atoms. The van der Waals surface area contributed by atoms with Gasteiger partial charge in [-0.2, -0.15) is 0 Å². The number of hydrogen-bond donors (Lipinski definition) is 2. The number of halogens is 2. The van der Waals surface area contributed by atoms with Gasteiger partial charge >= 0.3 is 6.09 Å². The van der Waals surface area contributed by atoms with Crippen molar-refractivity contribution in [1.29, 1.82) is 0 Å². The summed E-state index contributed by atoms with van der Waals surface area (Å²) in [6.45, 7) is 3.51. The van der Waals surface area contributed by atoms with Crippen molar-refractivity contribution in [3.05, 3.63) is 63.6 Å². The lowest BCUT2D eigenvalue weighted by molar-refractivity contribution is 0.0774. The van der Waals surface area contributed by atoms with E-state index in [1.54, 1.807) is 4.90 Å². The topological polar surface area (TPSA) is 107 Å². The van der Waals surface area contributed by atoms with Gasteiger partial charge in [0.1, 0.15) is 0 Å². The molecule has 2 heterocycles. The van der Waals surface area contributed by atoms with Gasteiger partial charge in [0.15, 0.2) is 9.84 Å². The minimum atomic E-state index is -3.50. The molecule has 5 rings (SSSR count). The number of nitrogens with one attached hydrogen (secondary N) is 1. The maximum atomic E-state index is 13.2. The van der Waals surface area contributed by atoms with E-state index in [-0.39, 0.29) is 32.5 Å². The highest BCUT2D eigenvalue weighted by Gasteiger charge is 2.42. The number of likely N-dealkylation sites (tertiary alicyclic amines) is 2. The van der Waals surface area contributed by atoms with Gasteiger partial charge in [-0.25, -0.2) is 13.2 Å². The predicted molar refractivity (Wildman–Crippen MR) is 157 cm³/mol. The number of fused-ring (bicyclic) bond motifs is 1. The Hall–Kier alpha value is -2.33. The summed E-state index contributed by atoms with van der Waals surface area (Å²) in [6.07, 6.45) is 8.16. The Morgan fingerprint density at radius 2 is 1.48 bits per heavy atom. The third-order valence-electron chi connectivity index (χ3n) is 7.99. The van der Waals surface area contributed by atoms with E-state index in [1.165, 1.54) is 44.2 Å². The van der Waals surface area contributed by atoms with Gasteiger partial charge in [0.05, 0.1) is 26.5 Å². The monoisotopic (exact) mass is 609 g/mol. The fourth-order valence-corrected chi connectivity index (χ4v) is 7.36. The Balaban J connectivity index is 0.000000666. The minimum absolute atomic E-state index is 0.0239. The summed E-state index contributed by atoms with van der Waals surface area (Å²) in [4.78, 5) is 28.5. The summed E-state index contributed by atoms with van der Waals surface area (Å²) in [5.41, 5.74) is 1.06. The van der Waals surface area contributed by atoms with Crippen molar-refractivity contribution in [2.45, 2.75) is 49.5 Å². The molecule has 3 aliphatic rings. The smallest absolute Gasteiger partial charge is 0.405 e. The van der Waals surface area contributed by atoms with Crippen molar-refractivity contribution < 1.29 is 23.1 Å². The van der Waals surface area contributed by atoms with Gasteiger partial charge in [0.2, 0.25) is 0 Å². The van der Waals surface area contributed by atoms with E-state index < -0.39 is 15.9 Å². The molecule has 3 fully saturated rings. The van der Waals surface area contributed by atoms with E-state index in [2.05, 4.69) is 10.2 Å². The maximum absolute atomic E-state index is 13.2. The molecule has 2 unspecified atom stereocenters. The van der Waals surface area contributed by atoms with Gasteiger partial charge in [0, 0.05) is 39.0 Å². The number of carbonyl (C=O) groups is 2. The zero-order chi connectivity index (χ0) is 28.9. The first-order valence-electron chi connectivity index (χ1n) is 13.8. The van der Waals surface area contributed by atoms with E-state index in [4.69, 9.17) is 23.2 Å². The summed E-state index contributed by atoms with van der Waals surface area (Å²) >= 11 is 12.5. The Bertz CT molecular complexity index is 1260. The molecule has 2 aromatic carbocycles. The first kappa shape index (κ1) is 30.6. The Morgan fingerprint density at radius 3 is 1.95 bits per heavy atom. The first-order valence-corrected chi connectivity index (χ1v) is 16.4. The number of carbonyl (C=O) groups excluding carboxylic acids is 1. The largest absolute Gasteiger partial charge is 0.465 e. The summed E-state index contributed by atoms with van der Waals surface area (Å²) < 4.78 is 23.6. The molecule has 2 saturated heterocycles. The van der Waals surface area contributed by atoms with Crippen LogP contribution in [0.3, 0.4) is 0 Å². The molecule has 8 nitrogen and oxygen atoms in total. The van der Waals surface area contributed by atoms with Gasteiger partial charge in [-0.05, 0) is 36.0 Å². The van der Waals surface area contributed by atoms with Crippen LogP contribution in [0, 0.1) is 11.8 Å². The maximum Gasteiger partial charge on any atom is 0.405 e. The molecular weight excluding hydrogens is 573 g/mol. The summed E-state index contributed by atoms with van der Waals surface area (Å²) in [5, 5.41) is 11.9. The zero-order valence-electron chi connectivity index (χ0n) is 22.7. The Labute approximate surface area is 246 Å².